The number of hydrazine groups is 1. The van der Waals surface area contributed by atoms with Crippen LogP contribution in [0.1, 0.15) is 29.0 Å². The maximum atomic E-state index is 12.0. The van der Waals surface area contributed by atoms with E-state index in [2.05, 4.69) is 20.8 Å². The molecule has 0 unspecified atom stereocenters. The van der Waals surface area contributed by atoms with Crippen LogP contribution in [-0.2, 0) is 11.2 Å². The lowest BCUT2D eigenvalue weighted by Crippen LogP contribution is -2.41. The van der Waals surface area contributed by atoms with Gasteiger partial charge in [0.15, 0.2) is 0 Å². The molecule has 0 spiro atoms. The number of para-hydroxylation sites is 1. The summed E-state index contributed by atoms with van der Waals surface area (Å²) in [6.07, 6.45) is 1.07. The lowest BCUT2D eigenvalue weighted by Gasteiger charge is -2.08. The number of carbonyl (C=O) groups is 2. The van der Waals surface area contributed by atoms with Crippen LogP contribution in [0.2, 0.25) is 5.02 Å². The Hall–Kier alpha value is -3.19. The fraction of sp³-hybridized carbons (Fsp3) is 0.158. The van der Waals surface area contributed by atoms with Crippen molar-refractivity contribution < 1.29 is 9.59 Å². The molecule has 0 fully saturated rings. The Morgan fingerprint density at radius 2 is 1.78 bits per heavy atom. The molecule has 0 atom stereocenters. The number of nitrogens with zero attached hydrogens (tertiary/aromatic N) is 1. The highest BCUT2D eigenvalue weighted by Crippen LogP contribution is 2.14. The summed E-state index contributed by atoms with van der Waals surface area (Å²) in [7, 11) is 0. The van der Waals surface area contributed by atoms with Gasteiger partial charge in [0.05, 0.1) is 21.5 Å². The van der Waals surface area contributed by atoms with Gasteiger partial charge in [-0.15, -0.1) is 0 Å². The number of fused-ring (bicyclic) bond motifs is 1. The Morgan fingerprint density at radius 3 is 2.59 bits per heavy atom. The fourth-order valence-corrected chi connectivity index (χ4v) is 2.79. The van der Waals surface area contributed by atoms with Crippen molar-refractivity contribution in [3.63, 3.8) is 0 Å². The quantitative estimate of drug-likeness (QED) is 0.587. The van der Waals surface area contributed by atoms with E-state index >= 15 is 0 Å². The number of H-pyrrole nitrogens is 1. The molecule has 0 aliphatic heterocycles. The Balaban J connectivity index is 1.49. The molecule has 3 N–H and O–H groups in total. The number of aromatic amines is 1. The van der Waals surface area contributed by atoms with Gasteiger partial charge >= 0.3 is 0 Å². The number of aromatic nitrogens is 2. The number of aryl methyl sites for hydroxylation is 1. The molecule has 27 heavy (non-hydrogen) atoms. The number of benzene rings is 2. The monoisotopic (exact) mass is 384 g/mol. The van der Waals surface area contributed by atoms with Crippen LogP contribution >= 0.6 is 11.6 Å². The lowest BCUT2D eigenvalue weighted by atomic mass is 10.2. The highest BCUT2D eigenvalue weighted by Gasteiger charge is 2.11. The first-order valence-electron chi connectivity index (χ1n) is 8.36. The van der Waals surface area contributed by atoms with Gasteiger partial charge in [0.2, 0.25) is 5.91 Å². The molecule has 0 saturated heterocycles. The Labute approximate surface area is 159 Å². The second-order valence-electron chi connectivity index (χ2n) is 5.87. The third-order valence-corrected chi connectivity index (χ3v) is 4.24. The molecule has 7 nitrogen and oxygen atoms in total. The summed E-state index contributed by atoms with van der Waals surface area (Å²) in [5.74, 6) is -0.320. The van der Waals surface area contributed by atoms with Crippen molar-refractivity contribution in [3.05, 3.63) is 75.3 Å². The third-order valence-electron chi connectivity index (χ3n) is 3.91. The molecule has 3 rings (SSSR count). The Bertz CT molecular complexity index is 1050. The second kappa shape index (κ2) is 8.46. The summed E-state index contributed by atoms with van der Waals surface area (Å²) in [6.45, 7) is 0. The van der Waals surface area contributed by atoms with E-state index in [9.17, 15) is 14.4 Å². The van der Waals surface area contributed by atoms with E-state index in [1.807, 2.05) is 6.07 Å². The topological polar surface area (TPSA) is 104 Å². The van der Waals surface area contributed by atoms with Crippen LogP contribution in [0.15, 0.2) is 53.3 Å². The second-order valence-corrected chi connectivity index (χ2v) is 6.27. The van der Waals surface area contributed by atoms with Gasteiger partial charge in [-0.05, 0) is 30.7 Å². The summed E-state index contributed by atoms with van der Waals surface area (Å²) in [4.78, 5) is 43.0. The van der Waals surface area contributed by atoms with Crippen molar-refractivity contribution in [3.8, 4) is 0 Å². The normalized spacial score (nSPS) is 10.6. The number of carbonyl (C=O) groups excluding carboxylic acids is 2. The summed E-state index contributed by atoms with van der Waals surface area (Å²) < 4.78 is 0. The van der Waals surface area contributed by atoms with E-state index in [1.165, 1.54) is 0 Å². The van der Waals surface area contributed by atoms with Gasteiger partial charge in [0.25, 0.3) is 11.5 Å². The van der Waals surface area contributed by atoms with Crippen LogP contribution in [0, 0.1) is 0 Å². The minimum Gasteiger partial charge on any atom is -0.310 e. The van der Waals surface area contributed by atoms with E-state index in [0.717, 1.165) is 0 Å². The van der Waals surface area contributed by atoms with Crippen LogP contribution in [0.5, 0.6) is 0 Å². The highest BCUT2D eigenvalue weighted by molar-refractivity contribution is 6.33. The maximum absolute atomic E-state index is 12.0. The highest BCUT2D eigenvalue weighted by atomic mass is 35.5. The molecule has 0 aliphatic rings. The van der Waals surface area contributed by atoms with Gasteiger partial charge in [0.1, 0.15) is 5.82 Å². The first kappa shape index (κ1) is 18.6. The molecular weight excluding hydrogens is 368 g/mol. The zero-order valence-electron chi connectivity index (χ0n) is 14.3. The standard InChI is InChI=1S/C19H17ClN4O3/c20-14-8-3-1-6-12(14)19(27)24-23-17(25)11-5-10-16-21-15-9-4-2-7-13(15)18(26)22-16/h1-4,6-9H,5,10-11H2,(H,23,25)(H,24,27)(H,21,22,26). The number of halogens is 1. The van der Waals surface area contributed by atoms with E-state index in [4.69, 9.17) is 11.6 Å². The lowest BCUT2D eigenvalue weighted by molar-refractivity contribution is -0.121. The molecule has 0 saturated carbocycles. The molecule has 2 amide bonds. The van der Waals surface area contributed by atoms with Crippen LogP contribution in [0.25, 0.3) is 10.9 Å². The Morgan fingerprint density at radius 1 is 1.04 bits per heavy atom. The van der Waals surface area contributed by atoms with E-state index in [-0.39, 0.29) is 23.5 Å². The van der Waals surface area contributed by atoms with Gasteiger partial charge in [-0.25, -0.2) is 4.98 Å². The summed E-state index contributed by atoms with van der Waals surface area (Å²) in [6, 6.07) is 13.6. The molecule has 1 aromatic heterocycles. The van der Waals surface area contributed by atoms with Crippen molar-refractivity contribution in [2.75, 3.05) is 0 Å². The van der Waals surface area contributed by atoms with Crippen LogP contribution < -0.4 is 16.4 Å². The average Bonchev–Trinajstić information content (AvgIpc) is 2.66. The molecule has 0 radical (unpaired) electrons. The predicted molar refractivity (Wildman–Crippen MR) is 102 cm³/mol. The zero-order chi connectivity index (χ0) is 19.2. The van der Waals surface area contributed by atoms with Gasteiger partial charge in [-0.1, -0.05) is 35.9 Å². The molecule has 0 bridgehead atoms. The summed E-state index contributed by atoms with van der Waals surface area (Å²) in [5, 5.41) is 0.830. The average molecular weight is 385 g/mol. The molecule has 2 aromatic carbocycles. The van der Waals surface area contributed by atoms with Crippen molar-refractivity contribution in [2.24, 2.45) is 0 Å². The van der Waals surface area contributed by atoms with Gasteiger partial charge < -0.3 is 4.98 Å². The van der Waals surface area contributed by atoms with E-state index in [0.29, 0.717) is 34.6 Å². The van der Waals surface area contributed by atoms with Gasteiger partial charge in [-0.3, -0.25) is 25.2 Å². The predicted octanol–water partition coefficient (Wildman–Crippen LogP) is 2.36. The van der Waals surface area contributed by atoms with Crippen LogP contribution in [0.3, 0.4) is 0 Å². The zero-order valence-corrected chi connectivity index (χ0v) is 15.0. The maximum Gasteiger partial charge on any atom is 0.271 e. The van der Waals surface area contributed by atoms with Crippen molar-refractivity contribution in [1.29, 1.82) is 0 Å². The minimum absolute atomic E-state index is 0.166. The minimum atomic E-state index is -0.491. The molecule has 0 aliphatic carbocycles. The number of nitrogens with one attached hydrogen (secondary N) is 3. The van der Waals surface area contributed by atoms with Crippen LogP contribution in [0.4, 0.5) is 0 Å². The summed E-state index contributed by atoms with van der Waals surface area (Å²) in [5.41, 5.74) is 5.36. The first-order chi connectivity index (χ1) is 13.0. The van der Waals surface area contributed by atoms with Crippen molar-refractivity contribution >= 4 is 34.3 Å². The van der Waals surface area contributed by atoms with E-state index in [1.54, 1.807) is 42.5 Å². The number of rotatable bonds is 5. The van der Waals surface area contributed by atoms with E-state index < -0.39 is 5.91 Å². The van der Waals surface area contributed by atoms with Gasteiger partial charge in [0, 0.05) is 12.8 Å². The molecule has 138 valence electrons. The first-order valence-corrected chi connectivity index (χ1v) is 8.74. The van der Waals surface area contributed by atoms with Crippen LogP contribution in [-0.4, -0.2) is 21.8 Å². The number of hydrogen-bond acceptors (Lipinski definition) is 4. The fourth-order valence-electron chi connectivity index (χ4n) is 2.57. The smallest absolute Gasteiger partial charge is 0.271 e. The summed E-state index contributed by atoms with van der Waals surface area (Å²) >= 11 is 5.93. The molecular formula is C19H17ClN4O3. The SMILES string of the molecule is O=C(CCCc1nc2ccccc2c(=O)[nH]1)NNC(=O)c1ccccc1Cl. The molecule has 8 heteroatoms. The molecule has 1 heterocycles. The largest absolute Gasteiger partial charge is 0.310 e. The number of hydrogen-bond donors (Lipinski definition) is 3. The third kappa shape index (κ3) is 4.71. The number of amides is 2. The Kier molecular flexibility index (Phi) is 5.83. The van der Waals surface area contributed by atoms with Crippen molar-refractivity contribution in [1.82, 2.24) is 20.8 Å². The van der Waals surface area contributed by atoms with Crippen molar-refractivity contribution in [2.45, 2.75) is 19.3 Å². The molecule has 3 aromatic rings. The van der Waals surface area contributed by atoms with Gasteiger partial charge in [-0.2, -0.15) is 0 Å².